The number of carboxylic acids is 1. The van der Waals surface area contributed by atoms with Gasteiger partial charge in [-0.15, -0.1) is 0 Å². The van der Waals surface area contributed by atoms with Crippen molar-refractivity contribution in [3.8, 4) is 0 Å². The molecule has 2 rings (SSSR count). The normalized spacial score (nSPS) is 21.1. The minimum absolute atomic E-state index is 0.178. The summed E-state index contributed by atoms with van der Waals surface area (Å²) in [4.78, 5) is 25.1. The third-order valence-electron chi connectivity index (χ3n) is 4.69. The van der Waals surface area contributed by atoms with Crippen molar-refractivity contribution in [1.82, 2.24) is 15.4 Å². The Hall–Kier alpha value is -2.05. The van der Waals surface area contributed by atoms with Gasteiger partial charge in [0.2, 0.25) is 0 Å². The average molecular weight is 337 g/mol. The lowest BCUT2D eigenvalue weighted by molar-refractivity contribution is -0.143. The quantitative estimate of drug-likeness (QED) is 0.832. The summed E-state index contributed by atoms with van der Waals surface area (Å²) in [5.74, 6) is -0.171. The number of amides is 2. The number of nitrogens with zero attached hydrogens (tertiary/aromatic N) is 2. The number of carbonyl (C=O) groups excluding carboxylic acids is 1. The van der Waals surface area contributed by atoms with E-state index in [4.69, 9.17) is 4.52 Å². The van der Waals surface area contributed by atoms with Gasteiger partial charge < -0.3 is 19.8 Å². The summed E-state index contributed by atoms with van der Waals surface area (Å²) in [6, 6.07) is 1.63. The topological polar surface area (TPSA) is 95.7 Å². The molecule has 24 heavy (non-hydrogen) atoms. The van der Waals surface area contributed by atoms with E-state index in [1.54, 1.807) is 4.90 Å². The maximum Gasteiger partial charge on any atom is 0.317 e. The molecule has 0 aromatic carbocycles. The SMILES string of the molecule is CCC(CC)c1cc(CNC(=O)N2CC(C)CC(C(=O)O)C2)on1. The molecule has 0 radical (unpaired) electrons. The number of carboxylic acid groups (broad SMARTS) is 1. The van der Waals surface area contributed by atoms with Crippen LogP contribution in [0.3, 0.4) is 0 Å². The van der Waals surface area contributed by atoms with Crippen LogP contribution in [0.4, 0.5) is 4.79 Å². The summed E-state index contributed by atoms with van der Waals surface area (Å²) in [7, 11) is 0. The molecule has 1 aliphatic heterocycles. The fraction of sp³-hybridized carbons (Fsp3) is 0.706. The van der Waals surface area contributed by atoms with Gasteiger partial charge in [-0.1, -0.05) is 25.9 Å². The molecule has 0 aliphatic carbocycles. The van der Waals surface area contributed by atoms with E-state index >= 15 is 0 Å². The molecule has 0 spiro atoms. The smallest absolute Gasteiger partial charge is 0.317 e. The van der Waals surface area contributed by atoms with Crippen LogP contribution in [0.2, 0.25) is 0 Å². The van der Waals surface area contributed by atoms with Crippen LogP contribution in [0.5, 0.6) is 0 Å². The highest BCUT2D eigenvalue weighted by atomic mass is 16.5. The Morgan fingerprint density at radius 1 is 1.42 bits per heavy atom. The monoisotopic (exact) mass is 337 g/mol. The van der Waals surface area contributed by atoms with Gasteiger partial charge in [0.1, 0.15) is 0 Å². The van der Waals surface area contributed by atoms with E-state index in [1.165, 1.54) is 0 Å². The van der Waals surface area contributed by atoms with Gasteiger partial charge in [0.15, 0.2) is 5.76 Å². The number of rotatable bonds is 6. The van der Waals surface area contributed by atoms with Crippen molar-refractivity contribution >= 4 is 12.0 Å². The van der Waals surface area contributed by atoms with Crippen molar-refractivity contribution in [2.75, 3.05) is 13.1 Å². The first-order valence-electron chi connectivity index (χ1n) is 8.65. The van der Waals surface area contributed by atoms with E-state index in [9.17, 15) is 14.7 Å². The largest absolute Gasteiger partial charge is 0.481 e. The van der Waals surface area contributed by atoms with E-state index in [-0.39, 0.29) is 25.0 Å². The number of hydrogen-bond donors (Lipinski definition) is 2. The zero-order valence-electron chi connectivity index (χ0n) is 14.6. The molecule has 1 aliphatic rings. The van der Waals surface area contributed by atoms with Crippen molar-refractivity contribution in [1.29, 1.82) is 0 Å². The highest BCUT2D eigenvalue weighted by molar-refractivity contribution is 5.76. The van der Waals surface area contributed by atoms with Gasteiger partial charge in [-0.2, -0.15) is 0 Å². The number of carbonyl (C=O) groups is 2. The first-order chi connectivity index (χ1) is 11.4. The molecule has 2 atom stereocenters. The minimum Gasteiger partial charge on any atom is -0.481 e. The average Bonchev–Trinajstić information content (AvgIpc) is 3.02. The number of urea groups is 1. The summed E-state index contributed by atoms with van der Waals surface area (Å²) in [5, 5.41) is 16.1. The Morgan fingerprint density at radius 3 is 2.75 bits per heavy atom. The second-order valence-corrected chi connectivity index (χ2v) is 6.67. The highest BCUT2D eigenvalue weighted by Crippen LogP contribution is 2.23. The number of aromatic nitrogens is 1. The molecule has 2 amide bonds. The van der Waals surface area contributed by atoms with Crippen LogP contribution in [0.25, 0.3) is 0 Å². The van der Waals surface area contributed by atoms with Gasteiger partial charge >= 0.3 is 12.0 Å². The number of likely N-dealkylation sites (tertiary alicyclic amines) is 1. The number of nitrogens with one attached hydrogen (secondary N) is 1. The number of aliphatic carboxylic acids is 1. The standard InChI is InChI=1S/C17H27N3O4/c1-4-12(5-2)15-7-14(24-19-15)8-18-17(23)20-9-11(3)6-13(10-20)16(21)22/h7,11-13H,4-6,8-10H2,1-3H3,(H,18,23)(H,21,22). The Balaban J connectivity index is 1.89. The second-order valence-electron chi connectivity index (χ2n) is 6.67. The van der Waals surface area contributed by atoms with Gasteiger partial charge in [0.25, 0.3) is 0 Å². The van der Waals surface area contributed by atoms with Crippen molar-refractivity contribution in [3.63, 3.8) is 0 Å². The van der Waals surface area contributed by atoms with Gasteiger partial charge in [-0.3, -0.25) is 4.79 Å². The predicted molar refractivity (Wildman–Crippen MR) is 88.5 cm³/mol. The molecule has 2 N–H and O–H groups in total. The van der Waals surface area contributed by atoms with Gasteiger partial charge in [0.05, 0.1) is 18.2 Å². The van der Waals surface area contributed by atoms with Gasteiger partial charge in [-0.25, -0.2) is 4.79 Å². The minimum atomic E-state index is -0.843. The van der Waals surface area contributed by atoms with Crippen LogP contribution < -0.4 is 5.32 Å². The zero-order valence-corrected chi connectivity index (χ0v) is 14.6. The van der Waals surface area contributed by atoms with Crippen molar-refractivity contribution < 1.29 is 19.2 Å². The summed E-state index contributed by atoms with van der Waals surface area (Å²) in [5.41, 5.74) is 0.918. The molecule has 7 heteroatoms. The molecule has 1 aromatic rings. The van der Waals surface area contributed by atoms with E-state index in [0.29, 0.717) is 24.6 Å². The van der Waals surface area contributed by atoms with Gasteiger partial charge in [0, 0.05) is 25.1 Å². The molecule has 134 valence electrons. The maximum atomic E-state index is 12.3. The lowest BCUT2D eigenvalue weighted by Gasteiger charge is -2.34. The fourth-order valence-corrected chi connectivity index (χ4v) is 3.28. The van der Waals surface area contributed by atoms with E-state index < -0.39 is 11.9 Å². The molecule has 2 heterocycles. The Labute approximate surface area is 142 Å². The second kappa shape index (κ2) is 8.17. The first-order valence-corrected chi connectivity index (χ1v) is 8.65. The molecular weight excluding hydrogens is 310 g/mol. The molecule has 7 nitrogen and oxygen atoms in total. The molecule has 1 aromatic heterocycles. The number of piperidine rings is 1. The van der Waals surface area contributed by atoms with Crippen LogP contribution in [-0.2, 0) is 11.3 Å². The third-order valence-corrected chi connectivity index (χ3v) is 4.69. The predicted octanol–water partition coefficient (Wildman–Crippen LogP) is 2.83. The van der Waals surface area contributed by atoms with Crippen LogP contribution in [-0.4, -0.2) is 40.3 Å². The van der Waals surface area contributed by atoms with E-state index in [2.05, 4.69) is 24.3 Å². The molecule has 2 unspecified atom stereocenters. The summed E-state index contributed by atoms with van der Waals surface area (Å²) in [6.07, 6.45) is 2.61. The van der Waals surface area contributed by atoms with Crippen LogP contribution in [0.1, 0.15) is 57.4 Å². The zero-order chi connectivity index (χ0) is 17.7. The Kier molecular flexibility index (Phi) is 6.23. The fourth-order valence-electron chi connectivity index (χ4n) is 3.28. The Morgan fingerprint density at radius 2 is 2.12 bits per heavy atom. The molecule has 0 saturated carbocycles. The van der Waals surface area contributed by atoms with Crippen LogP contribution in [0.15, 0.2) is 10.6 Å². The molecule has 1 saturated heterocycles. The van der Waals surface area contributed by atoms with Crippen LogP contribution in [0, 0.1) is 11.8 Å². The number of hydrogen-bond acceptors (Lipinski definition) is 4. The molecule has 0 bridgehead atoms. The molecule has 1 fully saturated rings. The van der Waals surface area contributed by atoms with E-state index in [0.717, 1.165) is 18.5 Å². The summed E-state index contributed by atoms with van der Waals surface area (Å²) < 4.78 is 5.29. The van der Waals surface area contributed by atoms with Crippen molar-refractivity contribution in [3.05, 3.63) is 17.5 Å². The Bertz CT molecular complexity index is 568. The third kappa shape index (κ3) is 4.49. The highest BCUT2D eigenvalue weighted by Gasteiger charge is 2.31. The lowest BCUT2D eigenvalue weighted by Crippen LogP contribution is -2.49. The van der Waals surface area contributed by atoms with E-state index in [1.807, 2.05) is 13.0 Å². The van der Waals surface area contributed by atoms with Gasteiger partial charge in [-0.05, 0) is 25.2 Å². The maximum absolute atomic E-state index is 12.3. The van der Waals surface area contributed by atoms with Crippen molar-refractivity contribution in [2.24, 2.45) is 11.8 Å². The first kappa shape index (κ1) is 18.3. The van der Waals surface area contributed by atoms with Crippen molar-refractivity contribution in [2.45, 2.75) is 52.5 Å². The molecular formula is C17H27N3O4. The lowest BCUT2D eigenvalue weighted by atomic mass is 9.91. The summed E-state index contributed by atoms with van der Waals surface area (Å²) >= 11 is 0. The summed E-state index contributed by atoms with van der Waals surface area (Å²) in [6.45, 7) is 7.27. The van der Waals surface area contributed by atoms with Crippen LogP contribution >= 0.6 is 0 Å².